The summed E-state index contributed by atoms with van der Waals surface area (Å²) in [6.45, 7) is 1.10. The first-order valence-electron chi connectivity index (χ1n) is 10.4. The average molecular weight is 471 g/mol. The molecule has 3 aromatic rings. The molecule has 10 heteroatoms. The lowest BCUT2D eigenvalue weighted by molar-refractivity contribution is -0.137. The lowest BCUT2D eigenvalue weighted by atomic mass is 10.1. The van der Waals surface area contributed by atoms with Gasteiger partial charge in [0.05, 0.1) is 17.5 Å². The zero-order valence-corrected chi connectivity index (χ0v) is 17.8. The van der Waals surface area contributed by atoms with Crippen LogP contribution in [0.1, 0.15) is 44.9 Å². The fraction of sp³-hybridized carbons (Fsp3) is 0.208. The molecule has 7 nitrogen and oxygen atoms in total. The topological polar surface area (TPSA) is 91.7 Å². The molecule has 3 amide bonds. The zero-order valence-electron chi connectivity index (χ0n) is 17.8. The Bertz CT molecular complexity index is 1210. The molecule has 1 aromatic heterocycles. The molecule has 0 bridgehead atoms. The molecule has 1 saturated heterocycles. The van der Waals surface area contributed by atoms with Crippen LogP contribution >= 0.6 is 0 Å². The molecule has 1 aliphatic heterocycles. The van der Waals surface area contributed by atoms with Crippen LogP contribution in [0.3, 0.4) is 0 Å². The standard InChI is InChI=1S/C24H20F3N3O4/c25-24(26,27)18-13-17(28-23(33)20-3-2-12-34-20)9-10-19(18)29-22(32)16-7-5-15(6-8-16)14-30-11-1-4-21(30)31/h2-3,5-10,12-13H,1,4,11,14H2,(H,28,33)(H,29,32). The first-order chi connectivity index (χ1) is 16.2. The number of halogens is 3. The number of carbonyl (C=O) groups excluding carboxylic acids is 3. The van der Waals surface area contributed by atoms with E-state index in [9.17, 15) is 27.6 Å². The highest BCUT2D eigenvalue weighted by molar-refractivity contribution is 6.05. The van der Waals surface area contributed by atoms with Crippen molar-refractivity contribution in [2.24, 2.45) is 0 Å². The summed E-state index contributed by atoms with van der Waals surface area (Å²) in [5.74, 6) is -1.40. The van der Waals surface area contributed by atoms with Crippen LogP contribution in [0.5, 0.6) is 0 Å². The van der Waals surface area contributed by atoms with Crippen LogP contribution < -0.4 is 10.6 Å². The van der Waals surface area contributed by atoms with Crippen molar-refractivity contribution < 1.29 is 32.0 Å². The summed E-state index contributed by atoms with van der Waals surface area (Å²) >= 11 is 0. The Morgan fingerprint density at radius 2 is 1.76 bits per heavy atom. The number of rotatable bonds is 6. The molecule has 0 spiro atoms. The molecule has 0 unspecified atom stereocenters. The second-order valence-electron chi connectivity index (χ2n) is 7.76. The number of nitrogens with one attached hydrogen (secondary N) is 2. The third-order valence-electron chi connectivity index (χ3n) is 5.34. The van der Waals surface area contributed by atoms with Gasteiger partial charge in [0.15, 0.2) is 5.76 Å². The summed E-state index contributed by atoms with van der Waals surface area (Å²) in [6, 6.07) is 12.3. The van der Waals surface area contributed by atoms with E-state index in [1.54, 1.807) is 17.0 Å². The van der Waals surface area contributed by atoms with Crippen molar-refractivity contribution in [3.8, 4) is 0 Å². The van der Waals surface area contributed by atoms with Crippen LogP contribution in [0.2, 0.25) is 0 Å². The van der Waals surface area contributed by atoms with Crippen molar-refractivity contribution in [1.29, 1.82) is 0 Å². The van der Waals surface area contributed by atoms with Crippen LogP contribution in [0.25, 0.3) is 0 Å². The second-order valence-corrected chi connectivity index (χ2v) is 7.76. The SMILES string of the molecule is O=C(Nc1ccc(NC(=O)c2ccco2)cc1C(F)(F)F)c1ccc(CN2CCCC2=O)cc1. The van der Waals surface area contributed by atoms with Crippen LogP contribution in [0.4, 0.5) is 24.5 Å². The number of hydrogen-bond donors (Lipinski definition) is 2. The summed E-state index contributed by atoms with van der Waals surface area (Å²) in [5.41, 5.74) is -0.672. The number of benzene rings is 2. The van der Waals surface area contributed by atoms with E-state index < -0.39 is 29.2 Å². The molecular formula is C24H20F3N3O4. The van der Waals surface area contributed by atoms with Gasteiger partial charge in [-0.1, -0.05) is 12.1 Å². The lowest BCUT2D eigenvalue weighted by Gasteiger charge is -2.17. The van der Waals surface area contributed by atoms with E-state index in [1.165, 1.54) is 36.6 Å². The molecule has 176 valence electrons. The molecule has 34 heavy (non-hydrogen) atoms. The normalized spacial score (nSPS) is 13.7. The molecular weight excluding hydrogens is 451 g/mol. The maximum absolute atomic E-state index is 13.7. The van der Waals surface area contributed by atoms with E-state index in [2.05, 4.69) is 10.6 Å². The number of alkyl halides is 3. The second kappa shape index (κ2) is 9.42. The van der Waals surface area contributed by atoms with E-state index in [0.29, 0.717) is 19.5 Å². The first kappa shape index (κ1) is 23.1. The Hall–Kier alpha value is -4.08. The maximum Gasteiger partial charge on any atom is 0.418 e. The molecule has 0 atom stereocenters. The quantitative estimate of drug-likeness (QED) is 0.534. The van der Waals surface area contributed by atoms with Crippen molar-refractivity contribution in [1.82, 2.24) is 4.90 Å². The third-order valence-corrected chi connectivity index (χ3v) is 5.34. The summed E-state index contributed by atoms with van der Waals surface area (Å²) in [6.07, 6.45) is -2.17. The Kier molecular flexibility index (Phi) is 6.40. The van der Waals surface area contributed by atoms with Gasteiger partial charge in [-0.05, 0) is 54.4 Å². The number of hydrogen-bond acceptors (Lipinski definition) is 4. The van der Waals surface area contributed by atoms with E-state index in [-0.39, 0.29) is 22.9 Å². The Morgan fingerprint density at radius 1 is 1.00 bits per heavy atom. The van der Waals surface area contributed by atoms with Gasteiger partial charge < -0.3 is 20.0 Å². The summed E-state index contributed by atoms with van der Waals surface area (Å²) in [4.78, 5) is 38.1. The number of carbonyl (C=O) groups is 3. The smallest absolute Gasteiger partial charge is 0.418 e. The molecule has 2 N–H and O–H groups in total. The maximum atomic E-state index is 13.7. The number of furan rings is 1. The fourth-order valence-corrected chi connectivity index (χ4v) is 3.61. The van der Waals surface area contributed by atoms with Gasteiger partial charge in [0, 0.05) is 30.8 Å². The molecule has 4 rings (SSSR count). The summed E-state index contributed by atoms with van der Waals surface area (Å²) in [5, 5.41) is 4.62. The summed E-state index contributed by atoms with van der Waals surface area (Å²) in [7, 11) is 0. The largest absolute Gasteiger partial charge is 0.459 e. The van der Waals surface area contributed by atoms with Crippen molar-refractivity contribution >= 4 is 29.1 Å². The third kappa shape index (κ3) is 5.28. The first-order valence-corrected chi connectivity index (χ1v) is 10.4. The van der Waals surface area contributed by atoms with E-state index in [4.69, 9.17) is 4.42 Å². The van der Waals surface area contributed by atoms with Gasteiger partial charge in [-0.25, -0.2) is 0 Å². The molecule has 0 saturated carbocycles. The van der Waals surface area contributed by atoms with Gasteiger partial charge in [-0.15, -0.1) is 0 Å². The van der Waals surface area contributed by atoms with Crippen LogP contribution in [0.15, 0.2) is 65.3 Å². The highest BCUT2D eigenvalue weighted by Crippen LogP contribution is 2.37. The van der Waals surface area contributed by atoms with Gasteiger partial charge in [0.2, 0.25) is 5.91 Å². The predicted octanol–water partition coefficient (Wildman–Crippen LogP) is 4.93. The predicted molar refractivity (Wildman–Crippen MR) is 117 cm³/mol. The monoisotopic (exact) mass is 471 g/mol. The molecule has 0 aliphatic carbocycles. The Morgan fingerprint density at radius 3 is 2.38 bits per heavy atom. The van der Waals surface area contributed by atoms with E-state index >= 15 is 0 Å². The fourth-order valence-electron chi connectivity index (χ4n) is 3.61. The van der Waals surface area contributed by atoms with E-state index in [0.717, 1.165) is 24.1 Å². The van der Waals surface area contributed by atoms with Gasteiger partial charge in [0.1, 0.15) is 0 Å². The highest BCUT2D eigenvalue weighted by Gasteiger charge is 2.34. The Balaban J connectivity index is 1.48. The molecule has 1 aliphatic rings. The lowest BCUT2D eigenvalue weighted by Crippen LogP contribution is -2.23. The van der Waals surface area contributed by atoms with Crippen molar-refractivity contribution in [3.05, 3.63) is 83.3 Å². The minimum Gasteiger partial charge on any atom is -0.459 e. The molecule has 2 heterocycles. The van der Waals surface area contributed by atoms with E-state index in [1.807, 2.05) is 0 Å². The van der Waals surface area contributed by atoms with Crippen LogP contribution in [-0.2, 0) is 17.5 Å². The van der Waals surface area contributed by atoms with Crippen molar-refractivity contribution in [2.75, 3.05) is 17.2 Å². The minimum atomic E-state index is -4.78. The molecule has 1 fully saturated rings. The molecule has 0 radical (unpaired) electrons. The Labute approximate surface area is 192 Å². The van der Waals surface area contributed by atoms with Crippen LogP contribution in [0, 0.1) is 0 Å². The number of likely N-dealkylation sites (tertiary alicyclic amines) is 1. The average Bonchev–Trinajstić information content (AvgIpc) is 3.47. The summed E-state index contributed by atoms with van der Waals surface area (Å²) < 4.78 is 45.9. The van der Waals surface area contributed by atoms with Crippen molar-refractivity contribution in [3.63, 3.8) is 0 Å². The number of nitrogens with zero attached hydrogens (tertiary/aromatic N) is 1. The van der Waals surface area contributed by atoms with Gasteiger partial charge in [-0.2, -0.15) is 13.2 Å². The van der Waals surface area contributed by atoms with Gasteiger partial charge in [0.25, 0.3) is 11.8 Å². The minimum absolute atomic E-state index is 0.0523. The van der Waals surface area contributed by atoms with Crippen molar-refractivity contribution in [2.45, 2.75) is 25.6 Å². The number of amides is 3. The van der Waals surface area contributed by atoms with Gasteiger partial charge >= 0.3 is 6.18 Å². The van der Waals surface area contributed by atoms with Crippen LogP contribution in [-0.4, -0.2) is 29.2 Å². The number of anilines is 2. The van der Waals surface area contributed by atoms with Gasteiger partial charge in [-0.3, -0.25) is 14.4 Å². The zero-order chi connectivity index (χ0) is 24.3. The highest BCUT2D eigenvalue weighted by atomic mass is 19.4. The molecule has 2 aromatic carbocycles.